The molecule has 3 aromatic heterocycles. The van der Waals surface area contributed by atoms with Gasteiger partial charge in [0.05, 0.1) is 5.52 Å². The molecule has 3 heterocycles. The number of pyridine rings is 1. The molecule has 1 N–H and O–H groups in total. The molecule has 0 radical (unpaired) electrons. The van der Waals surface area contributed by atoms with Crippen LogP contribution in [0.15, 0.2) is 35.1 Å². The van der Waals surface area contributed by atoms with Crippen molar-refractivity contribution in [2.45, 2.75) is 40.8 Å². The zero-order valence-corrected chi connectivity index (χ0v) is 17.7. The molecule has 0 atom stereocenters. The van der Waals surface area contributed by atoms with Crippen molar-refractivity contribution in [3.63, 3.8) is 0 Å². The van der Waals surface area contributed by atoms with Crippen LogP contribution in [0.2, 0.25) is 0 Å². The van der Waals surface area contributed by atoms with Crippen molar-refractivity contribution in [3.05, 3.63) is 68.9 Å². The van der Waals surface area contributed by atoms with Crippen molar-refractivity contribution < 1.29 is 4.79 Å². The van der Waals surface area contributed by atoms with E-state index >= 15 is 0 Å². The summed E-state index contributed by atoms with van der Waals surface area (Å²) in [6, 6.07) is 9.97. The lowest BCUT2D eigenvalue weighted by Crippen LogP contribution is -2.33. The zero-order chi connectivity index (χ0) is 20.7. The summed E-state index contributed by atoms with van der Waals surface area (Å²) in [4.78, 5) is 35.6. The summed E-state index contributed by atoms with van der Waals surface area (Å²) in [7, 11) is 0. The fourth-order valence-electron chi connectivity index (χ4n) is 3.46. The molecule has 0 saturated carbocycles. The molecule has 148 valence electrons. The minimum atomic E-state index is -0.219. The third kappa shape index (κ3) is 3.65. The van der Waals surface area contributed by atoms with Crippen molar-refractivity contribution in [1.29, 1.82) is 0 Å². The Bertz CT molecular complexity index is 1300. The van der Waals surface area contributed by atoms with Crippen LogP contribution in [-0.2, 0) is 17.9 Å². The Morgan fingerprint density at radius 2 is 1.83 bits per heavy atom. The summed E-state index contributed by atoms with van der Waals surface area (Å²) in [5.74, 6) is 0.302. The average molecular weight is 407 g/mol. The highest BCUT2D eigenvalue weighted by atomic mass is 32.1. The number of aromatic nitrogens is 3. The number of thiophene rings is 1. The van der Waals surface area contributed by atoms with E-state index in [0.29, 0.717) is 22.6 Å². The Morgan fingerprint density at radius 3 is 2.55 bits per heavy atom. The number of amides is 1. The first-order valence-electron chi connectivity index (χ1n) is 9.43. The number of carbonyl (C=O) groups excluding carboxylic acids is 1. The summed E-state index contributed by atoms with van der Waals surface area (Å²) in [6.07, 6.45) is 0. The first-order chi connectivity index (χ1) is 13.8. The van der Waals surface area contributed by atoms with Gasteiger partial charge in [0.1, 0.15) is 21.9 Å². The van der Waals surface area contributed by atoms with E-state index in [1.165, 1.54) is 21.5 Å². The number of benzene rings is 1. The van der Waals surface area contributed by atoms with E-state index in [0.717, 1.165) is 27.0 Å². The van der Waals surface area contributed by atoms with E-state index in [1.54, 1.807) is 6.92 Å². The van der Waals surface area contributed by atoms with Crippen molar-refractivity contribution >= 4 is 37.7 Å². The van der Waals surface area contributed by atoms with Crippen LogP contribution in [0.1, 0.15) is 28.2 Å². The van der Waals surface area contributed by atoms with Gasteiger partial charge in [0.2, 0.25) is 5.91 Å². The van der Waals surface area contributed by atoms with Gasteiger partial charge in [0, 0.05) is 17.6 Å². The van der Waals surface area contributed by atoms with Crippen LogP contribution in [0, 0.1) is 27.7 Å². The molecule has 7 heteroatoms. The molecule has 0 bridgehead atoms. The number of hydrogen-bond acceptors (Lipinski definition) is 5. The van der Waals surface area contributed by atoms with E-state index in [9.17, 15) is 9.59 Å². The minimum absolute atomic E-state index is 0.0564. The number of nitrogens with one attached hydrogen (secondary N) is 1. The molecule has 0 unspecified atom stereocenters. The highest BCUT2D eigenvalue weighted by molar-refractivity contribution is 7.25. The highest BCUT2D eigenvalue weighted by Gasteiger charge is 2.18. The predicted octanol–water partition coefficient (Wildman–Crippen LogP) is 3.56. The minimum Gasteiger partial charge on any atom is -0.350 e. The first kappa shape index (κ1) is 19.3. The Balaban J connectivity index is 1.64. The normalized spacial score (nSPS) is 11.3. The van der Waals surface area contributed by atoms with Gasteiger partial charge < -0.3 is 5.32 Å². The fourth-order valence-corrected chi connectivity index (χ4v) is 4.64. The SMILES string of the molecule is Cc1ccc(CNC(=O)Cn2c(C)nc3c(sc4nc(C)cc(C)c43)c2=O)cc1. The second-order valence-electron chi connectivity index (χ2n) is 7.35. The van der Waals surface area contributed by atoms with Crippen molar-refractivity contribution in [1.82, 2.24) is 19.9 Å². The van der Waals surface area contributed by atoms with Gasteiger partial charge in [-0.2, -0.15) is 0 Å². The summed E-state index contributed by atoms with van der Waals surface area (Å²) in [5, 5.41) is 3.80. The van der Waals surface area contributed by atoms with Crippen LogP contribution in [0.5, 0.6) is 0 Å². The van der Waals surface area contributed by atoms with Gasteiger partial charge in [-0.25, -0.2) is 9.97 Å². The van der Waals surface area contributed by atoms with E-state index in [2.05, 4.69) is 15.3 Å². The first-order valence-corrected chi connectivity index (χ1v) is 10.3. The second-order valence-corrected chi connectivity index (χ2v) is 8.35. The molecule has 0 spiro atoms. The van der Waals surface area contributed by atoms with Crippen LogP contribution in [0.3, 0.4) is 0 Å². The Labute approximate surface area is 172 Å². The third-order valence-electron chi connectivity index (χ3n) is 4.98. The van der Waals surface area contributed by atoms with Crippen LogP contribution in [0.25, 0.3) is 20.4 Å². The lowest BCUT2D eigenvalue weighted by molar-refractivity contribution is -0.121. The predicted molar refractivity (Wildman–Crippen MR) is 116 cm³/mol. The molecule has 6 nitrogen and oxygen atoms in total. The second kappa shape index (κ2) is 7.40. The Morgan fingerprint density at radius 1 is 1.10 bits per heavy atom. The lowest BCUT2D eigenvalue weighted by Gasteiger charge is -2.10. The maximum absolute atomic E-state index is 13.1. The van der Waals surface area contributed by atoms with Crippen molar-refractivity contribution in [2.24, 2.45) is 0 Å². The molecule has 0 aliphatic carbocycles. The highest BCUT2D eigenvalue weighted by Crippen LogP contribution is 2.32. The van der Waals surface area contributed by atoms with E-state index in [1.807, 2.05) is 51.1 Å². The number of rotatable bonds is 4. The van der Waals surface area contributed by atoms with Crippen LogP contribution in [-0.4, -0.2) is 20.4 Å². The van der Waals surface area contributed by atoms with E-state index < -0.39 is 0 Å². The molecule has 0 fully saturated rings. The van der Waals surface area contributed by atoms with E-state index in [4.69, 9.17) is 0 Å². The van der Waals surface area contributed by atoms with Crippen LogP contribution in [0.4, 0.5) is 0 Å². The number of fused-ring (bicyclic) bond motifs is 3. The molecular formula is C22H22N4O2S. The monoisotopic (exact) mass is 406 g/mol. The largest absolute Gasteiger partial charge is 0.350 e. The molecule has 0 saturated heterocycles. The number of aryl methyl sites for hydroxylation is 4. The van der Waals surface area contributed by atoms with Gasteiger partial charge in [-0.3, -0.25) is 14.2 Å². The van der Waals surface area contributed by atoms with Gasteiger partial charge in [0.25, 0.3) is 5.56 Å². The summed E-state index contributed by atoms with van der Waals surface area (Å²) in [6.45, 7) is 8.09. The molecular weight excluding hydrogens is 384 g/mol. The standard InChI is InChI=1S/C22H22N4O2S/c1-12-5-7-16(8-6-12)10-23-17(27)11-26-15(4)25-19-18-13(2)9-14(3)24-21(18)29-20(19)22(26)28/h5-9H,10-11H2,1-4H3,(H,23,27). The maximum Gasteiger partial charge on any atom is 0.272 e. The van der Waals surface area contributed by atoms with Crippen LogP contribution >= 0.6 is 11.3 Å². The molecule has 1 amide bonds. The quantitative estimate of drug-likeness (QED) is 0.562. The van der Waals surface area contributed by atoms with Gasteiger partial charge in [-0.1, -0.05) is 29.8 Å². The van der Waals surface area contributed by atoms with Gasteiger partial charge >= 0.3 is 0 Å². The van der Waals surface area contributed by atoms with Gasteiger partial charge in [-0.05, 0) is 44.9 Å². The molecule has 0 aliphatic heterocycles. The molecule has 4 aromatic rings. The summed E-state index contributed by atoms with van der Waals surface area (Å²) in [5.41, 5.74) is 4.63. The number of nitrogens with zero attached hydrogens (tertiary/aromatic N) is 3. The fraction of sp³-hybridized carbons (Fsp3) is 0.273. The summed E-state index contributed by atoms with van der Waals surface area (Å²) >= 11 is 1.34. The molecule has 4 rings (SSSR count). The molecule has 1 aromatic carbocycles. The Kier molecular flexibility index (Phi) is 4.92. The smallest absolute Gasteiger partial charge is 0.272 e. The van der Waals surface area contributed by atoms with Gasteiger partial charge in [-0.15, -0.1) is 11.3 Å². The average Bonchev–Trinajstić information content (AvgIpc) is 3.03. The molecule has 29 heavy (non-hydrogen) atoms. The Hall–Kier alpha value is -3.06. The topological polar surface area (TPSA) is 76.9 Å². The van der Waals surface area contributed by atoms with E-state index in [-0.39, 0.29) is 18.0 Å². The maximum atomic E-state index is 13.1. The number of carbonyl (C=O) groups is 1. The molecule has 0 aliphatic rings. The van der Waals surface area contributed by atoms with Crippen molar-refractivity contribution in [2.75, 3.05) is 0 Å². The van der Waals surface area contributed by atoms with Crippen LogP contribution < -0.4 is 10.9 Å². The summed E-state index contributed by atoms with van der Waals surface area (Å²) < 4.78 is 1.97. The third-order valence-corrected chi connectivity index (χ3v) is 6.04. The lowest BCUT2D eigenvalue weighted by atomic mass is 10.1. The van der Waals surface area contributed by atoms with Crippen molar-refractivity contribution in [3.8, 4) is 0 Å². The zero-order valence-electron chi connectivity index (χ0n) is 16.9. The number of hydrogen-bond donors (Lipinski definition) is 1. The van der Waals surface area contributed by atoms with Gasteiger partial charge in [0.15, 0.2) is 0 Å².